The topological polar surface area (TPSA) is 58.4 Å². The van der Waals surface area contributed by atoms with Gasteiger partial charge in [-0.3, -0.25) is 4.90 Å². The number of nitrogens with zero attached hydrogens (tertiary/aromatic N) is 5. The Balaban J connectivity index is 1.60. The molecule has 2 fully saturated rings. The third-order valence-corrected chi connectivity index (χ3v) is 4.71. The summed E-state index contributed by atoms with van der Waals surface area (Å²) in [5.41, 5.74) is 0.0913. The van der Waals surface area contributed by atoms with Crippen LogP contribution in [0.5, 0.6) is 0 Å². The van der Waals surface area contributed by atoms with E-state index in [1.165, 1.54) is 18.9 Å². The molecule has 6 nitrogen and oxygen atoms in total. The summed E-state index contributed by atoms with van der Waals surface area (Å²) in [6.07, 6.45) is -0.0316. The molecule has 0 unspecified atom stereocenters. The quantitative estimate of drug-likeness (QED) is 0.917. The molecule has 2 atom stereocenters. The average Bonchev–Trinajstić information content (AvgIpc) is 3.11. The van der Waals surface area contributed by atoms with E-state index in [4.69, 9.17) is 0 Å². The summed E-state index contributed by atoms with van der Waals surface area (Å²) in [6, 6.07) is 3.84. The molecule has 0 spiro atoms. The molecule has 9 heteroatoms. The molecule has 2 saturated heterocycles. The lowest BCUT2D eigenvalue weighted by Gasteiger charge is -2.32. The predicted octanol–water partition coefficient (Wildman–Crippen LogP) is 2.18. The molecule has 4 rings (SSSR count). The Morgan fingerprint density at radius 3 is 2.78 bits per heavy atom. The van der Waals surface area contributed by atoms with E-state index in [1.54, 1.807) is 6.07 Å². The molecule has 23 heavy (non-hydrogen) atoms. The second-order valence-corrected chi connectivity index (χ2v) is 6.15. The Labute approximate surface area is 130 Å². The van der Waals surface area contributed by atoms with E-state index in [0.717, 1.165) is 30.4 Å². The molecule has 0 bridgehead atoms. The first-order valence-electron chi connectivity index (χ1n) is 7.82. The highest BCUT2D eigenvalue weighted by atomic mass is 19.4. The van der Waals surface area contributed by atoms with Gasteiger partial charge in [0.25, 0.3) is 5.82 Å². The lowest BCUT2D eigenvalue weighted by atomic mass is 9.99. The van der Waals surface area contributed by atoms with E-state index in [-0.39, 0.29) is 11.7 Å². The number of fused-ring (bicyclic) bond motifs is 2. The zero-order chi connectivity index (χ0) is 16.0. The number of nitrogens with one attached hydrogen (secondary N) is 1. The molecular weight excluding hydrogens is 309 g/mol. The summed E-state index contributed by atoms with van der Waals surface area (Å²) in [5.74, 6) is -0.665. The van der Waals surface area contributed by atoms with Gasteiger partial charge in [0.15, 0.2) is 5.65 Å². The van der Waals surface area contributed by atoms with Crippen molar-refractivity contribution in [2.24, 2.45) is 0 Å². The Morgan fingerprint density at radius 2 is 1.96 bits per heavy atom. The molecule has 0 saturated carbocycles. The molecule has 124 valence electrons. The van der Waals surface area contributed by atoms with Gasteiger partial charge in [0, 0.05) is 18.6 Å². The van der Waals surface area contributed by atoms with Crippen molar-refractivity contribution < 1.29 is 13.2 Å². The molecule has 2 aliphatic heterocycles. The fourth-order valence-corrected chi connectivity index (χ4v) is 3.65. The minimum atomic E-state index is -4.57. The molecular formula is C14H17F3N6. The van der Waals surface area contributed by atoms with Crippen molar-refractivity contribution in [3.63, 3.8) is 0 Å². The highest BCUT2D eigenvalue weighted by molar-refractivity contribution is 5.45. The molecule has 4 heterocycles. The first-order chi connectivity index (χ1) is 11.0. The van der Waals surface area contributed by atoms with Crippen molar-refractivity contribution in [3.8, 4) is 0 Å². The number of piperidine rings is 1. The third kappa shape index (κ3) is 2.62. The summed E-state index contributed by atoms with van der Waals surface area (Å²) >= 11 is 0. The summed E-state index contributed by atoms with van der Waals surface area (Å²) in [5, 5.41) is 14.1. The fourth-order valence-electron chi connectivity index (χ4n) is 3.65. The highest BCUT2D eigenvalue weighted by Gasteiger charge is 2.38. The largest absolute Gasteiger partial charge is 0.453 e. The molecule has 0 aliphatic carbocycles. The van der Waals surface area contributed by atoms with Crippen LogP contribution in [0.15, 0.2) is 12.1 Å². The van der Waals surface area contributed by atoms with Crippen LogP contribution >= 0.6 is 0 Å². The van der Waals surface area contributed by atoms with Gasteiger partial charge >= 0.3 is 6.18 Å². The van der Waals surface area contributed by atoms with Gasteiger partial charge in [0.2, 0.25) is 0 Å². The molecule has 2 aromatic heterocycles. The SMILES string of the molecule is FC(F)(F)c1nnc2ccc(N[C@H]3CCN4CCCC[C@@H]34)nn12. The average molecular weight is 326 g/mol. The van der Waals surface area contributed by atoms with E-state index in [0.29, 0.717) is 11.9 Å². The van der Waals surface area contributed by atoms with Crippen molar-refractivity contribution in [1.29, 1.82) is 0 Å². The molecule has 0 aromatic carbocycles. The molecule has 0 amide bonds. The summed E-state index contributed by atoms with van der Waals surface area (Å²) in [4.78, 5) is 2.46. The van der Waals surface area contributed by atoms with Crippen LogP contribution in [-0.2, 0) is 6.18 Å². The number of halogens is 3. The monoisotopic (exact) mass is 326 g/mol. The maximum atomic E-state index is 12.9. The van der Waals surface area contributed by atoms with Crippen LogP contribution in [0, 0.1) is 0 Å². The maximum Gasteiger partial charge on any atom is 0.453 e. The number of aromatic nitrogens is 4. The van der Waals surface area contributed by atoms with Gasteiger partial charge in [-0.2, -0.15) is 17.7 Å². The number of hydrogen-bond donors (Lipinski definition) is 1. The zero-order valence-electron chi connectivity index (χ0n) is 12.4. The Bertz CT molecular complexity index is 712. The summed E-state index contributed by atoms with van der Waals surface area (Å²) < 4.78 is 39.5. The smallest absolute Gasteiger partial charge is 0.364 e. The van der Waals surface area contributed by atoms with E-state index < -0.39 is 12.0 Å². The van der Waals surface area contributed by atoms with Crippen LogP contribution in [0.25, 0.3) is 5.65 Å². The third-order valence-electron chi connectivity index (χ3n) is 4.71. The van der Waals surface area contributed by atoms with Gasteiger partial charge in [-0.25, -0.2) is 0 Å². The predicted molar refractivity (Wildman–Crippen MR) is 77.0 cm³/mol. The number of rotatable bonds is 2. The fraction of sp³-hybridized carbons (Fsp3) is 0.643. The normalized spacial score (nSPS) is 25.7. The van der Waals surface area contributed by atoms with Gasteiger partial charge in [0.05, 0.1) is 0 Å². The maximum absolute atomic E-state index is 12.9. The Hall–Kier alpha value is -1.90. The van der Waals surface area contributed by atoms with Gasteiger partial charge < -0.3 is 5.32 Å². The minimum absolute atomic E-state index is 0.0913. The first kappa shape index (κ1) is 14.7. The zero-order valence-corrected chi connectivity index (χ0v) is 12.4. The minimum Gasteiger partial charge on any atom is -0.364 e. The second-order valence-electron chi connectivity index (χ2n) is 6.15. The van der Waals surface area contributed by atoms with Gasteiger partial charge in [-0.15, -0.1) is 15.3 Å². The van der Waals surface area contributed by atoms with Crippen molar-refractivity contribution >= 4 is 11.5 Å². The van der Waals surface area contributed by atoms with Crippen LogP contribution in [0.1, 0.15) is 31.5 Å². The number of anilines is 1. The van der Waals surface area contributed by atoms with Gasteiger partial charge in [0.1, 0.15) is 5.82 Å². The van der Waals surface area contributed by atoms with Crippen LogP contribution in [0.2, 0.25) is 0 Å². The molecule has 0 radical (unpaired) electrons. The summed E-state index contributed by atoms with van der Waals surface area (Å²) in [7, 11) is 0. The van der Waals surface area contributed by atoms with Crippen molar-refractivity contribution in [1.82, 2.24) is 24.7 Å². The van der Waals surface area contributed by atoms with Crippen LogP contribution in [0.4, 0.5) is 19.0 Å². The Morgan fingerprint density at radius 1 is 1.09 bits per heavy atom. The lowest BCUT2D eigenvalue weighted by Crippen LogP contribution is -2.41. The first-order valence-corrected chi connectivity index (χ1v) is 7.82. The highest BCUT2D eigenvalue weighted by Crippen LogP contribution is 2.30. The van der Waals surface area contributed by atoms with Gasteiger partial charge in [-0.1, -0.05) is 6.42 Å². The van der Waals surface area contributed by atoms with E-state index in [2.05, 4.69) is 25.5 Å². The van der Waals surface area contributed by atoms with Crippen LogP contribution in [-0.4, -0.2) is 49.9 Å². The standard InChI is InChI=1S/C14H17F3N6/c15-14(16,17)13-20-19-12-5-4-11(21-23(12)13)18-9-6-8-22-7-2-1-3-10(9)22/h4-5,9-10H,1-3,6-8H2,(H,18,21)/t9-,10-/m0/s1. The van der Waals surface area contributed by atoms with E-state index in [9.17, 15) is 13.2 Å². The van der Waals surface area contributed by atoms with Gasteiger partial charge in [-0.05, 0) is 37.9 Å². The van der Waals surface area contributed by atoms with E-state index >= 15 is 0 Å². The lowest BCUT2D eigenvalue weighted by molar-refractivity contribution is -0.146. The van der Waals surface area contributed by atoms with Crippen molar-refractivity contribution in [2.75, 3.05) is 18.4 Å². The van der Waals surface area contributed by atoms with E-state index in [1.807, 2.05) is 0 Å². The molecule has 2 aromatic rings. The van der Waals surface area contributed by atoms with Crippen LogP contribution < -0.4 is 5.32 Å². The van der Waals surface area contributed by atoms with Crippen molar-refractivity contribution in [2.45, 2.75) is 43.9 Å². The number of hydrogen-bond acceptors (Lipinski definition) is 5. The Kier molecular flexibility index (Phi) is 3.40. The summed E-state index contributed by atoms with van der Waals surface area (Å²) in [6.45, 7) is 2.14. The number of alkyl halides is 3. The molecule has 2 aliphatic rings. The second kappa shape index (κ2) is 5.33. The van der Waals surface area contributed by atoms with Crippen LogP contribution in [0.3, 0.4) is 0 Å². The van der Waals surface area contributed by atoms with Crippen molar-refractivity contribution in [3.05, 3.63) is 18.0 Å². The molecule has 1 N–H and O–H groups in total.